The van der Waals surface area contributed by atoms with E-state index >= 15 is 0 Å². The van der Waals surface area contributed by atoms with Crippen LogP contribution in [0.15, 0.2) is 0 Å². The molecule has 2 saturated heterocycles. The molecule has 1 saturated carbocycles. The van der Waals surface area contributed by atoms with Gasteiger partial charge in [0.25, 0.3) is 0 Å². The molecule has 1 spiro atoms. The lowest BCUT2D eigenvalue weighted by Gasteiger charge is -2.48. The zero-order valence-electron chi connectivity index (χ0n) is 12.3. The van der Waals surface area contributed by atoms with E-state index in [1.165, 1.54) is 0 Å². The summed E-state index contributed by atoms with van der Waals surface area (Å²) in [5, 5.41) is 0. The van der Waals surface area contributed by atoms with E-state index in [-0.39, 0.29) is 24.4 Å². The van der Waals surface area contributed by atoms with Gasteiger partial charge in [-0.25, -0.2) is 0 Å². The van der Waals surface area contributed by atoms with Crippen molar-refractivity contribution in [2.75, 3.05) is 19.8 Å². The molecule has 6 heteroatoms. The molecule has 3 rings (SSSR count). The average molecular weight is 307 g/mol. The second-order valence-electron chi connectivity index (χ2n) is 7.07. The van der Waals surface area contributed by atoms with Crippen molar-refractivity contribution in [2.24, 2.45) is 17.6 Å². The summed E-state index contributed by atoms with van der Waals surface area (Å²) in [6.45, 7) is 1.96. The predicted octanol–water partition coefficient (Wildman–Crippen LogP) is 3.02. The van der Waals surface area contributed by atoms with Gasteiger partial charge in [0, 0.05) is 25.2 Å². The zero-order valence-corrected chi connectivity index (χ0v) is 12.3. The number of rotatable bonds is 1. The molecule has 2 unspecified atom stereocenters. The number of alkyl halides is 3. The minimum atomic E-state index is -4.07. The molecule has 3 nitrogen and oxygen atoms in total. The van der Waals surface area contributed by atoms with Gasteiger partial charge in [0.15, 0.2) is 0 Å². The van der Waals surface area contributed by atoms with Crippen molar-refractivity contribution in [2.45, 2.75) is 62.3 Å². The fourth-order valence-corrected chi connectivity index (χ4v) is 4.27. The summed E-state index contributed by atoms with van der Waals surface area (Å²) in [6, 6.07) is 0. The van der Waals surface area contributed by atoms with Gasteiger partial charge in [0.1, 0.15) is 0 Å². The molecule has 2 atom stereocenters. The largest absolute Gasteiger partial charge is 0.391 e. The molecular formula is C15H24F3NO2. The molecule has 0 radical (unpaired) electrons. The third-order valence-corrected chi connectivity index (χ3v) is 5.75. The lowest BCUT2D eigenvalue weighted by molar-refractivity contribution is -0.188. The average Bonchev–Trinajstić information content (AvgIpc) is 2.86. The quantitative estimate of drug-likeness (QED) is 0.810. The van der Waals surface area contributed by atoms with Crippen molar-refractivity contribution in [3.8, 4) is 0 Å². The minimum absolute atomic E-state index is 0.168. The van der Waals surface area contributed by atoms with E-state index in [0.717, 1.165) is 19.3 Å². The lowest BCUT2D eigenvalue weighted by Crippen LogP contribution is -2.56. The molecule has 3 fully saturated rings. The Morgan fingerprint density at radius 3 is 2.29 bits per heavy atom. The van der Waals surface area contributed by atoms with E-state index in [1.54, 1.807) is 0 Å². The third kappa shape index (κ3) is 3.08. The van der Waals surface area contributed by atoms with Gasteiger partial charge in [-0.15, -0.1) is 0 Å². The standard InChI is InChI=1S/C15H24F3NO2/c16-15(17,18)11-1-4-14(19,5-2-11)12-3-7-21-13(9-12)6-8-20-10-13/h11-12H,1-10,19H2. The van der Waals surface area contributed by atoms with Gasteiger partial charge in [0.05, 0.1) is 18.1 Å². The Morgan fingerprint density at radius 1 is 1.00 bits per heavy atom. The summed E-state index contributed by atoms with van der Waals surface area (Å²) in [4.78, 5) is 0. The summed E-state index contributed by atoms with van der Waals surface area (Å²) < 4.78 is 49.8. The van der Waals surface area contributed by atoms with Crippen LogP contribution in [0.1, 0.15) is 44.9 Å². The van der Waals surface area contributed by atoms with Gasteiger partial charge in [-0.1, -0.05) is 0 Å². The summed E-state index contributed by atoms with van der Waals surface area (Å²) in [7, 11) is 0. The minimum Gasteiger partial charge on any atom is -0.378 e. The first kappa shape index (κ1) is 15.6. The summed E-state index contributed by atoms with van der Waals surface area (Å²) in [5.41, 5.74) is 5.84. The van der Waals surface area contributed by atoms with E-state index in [4.69, 9.17) is 15.2 Å². The van der Waals surface area contributed by atoms with Crippen LogP contribution in [0.5, 0.6) is 0 Å². The topological polar surface area (TPSA) is 44.5 Å². The van der Waals surface area contributed by atoms with Crippen molar-refractivity contribution >= 4 is 0 Å². The molecule has 3 aliphatic rings. The maximum atomic E-state index is 12.8. The van der Waals surface area contributed by atoms with E-state index in [1.807, 2.05) is 0 Å². The molecule has 21 heavy (non-hydrogen) atoms. The highest BCUT2D eigenvalue weighted by Crippen LogP contribution is 2.47. The maximum absolute atomic E-state index is 12.8. The normalized spacial score (nSPS) is 45.1. The number of hydrogen-bond acceptors (Lipinski definition) is 3. The summed E-state index contributed by atoms with van der Waals surface area (Å²) in [6.07, 6.45) is -0.226. The van der Waals surface area contributed by atoms with Crippen LogP contribution >= 0.6 is 0 Å². The highest BCUT2D eigenvalue weighted by molar-refractivity contribution is 5.02. The molecule has 0 bridgehead atoms. The molecule has 0 aromatic rings. The highest BCUT2D eigenvalue weighted by atomic mass is 19.4. The van der Waals surface area contributed by atoms with Crippen molar-refractivity contribution in [3.05, 3.63) is 0 Å². The predicted molar refractivity (Wildman–Crippen MR) is 71.8 cm³/mol. The fourth-order valence-electron chi connectivity index (χ4n) is 4.27. The van der Waals surface area contributed by atoms with E-state index < -0.39 is 17.6 Å². The lowest BCUT2D eigenvalue weighted by atomic mass is 9.65. The Bertz CT molecular complexity index is 372. The Balaban J connectivity index is 1.63. The van der Waals surface area contributed by atoms with Gasteiger partial charge >= 0.3 is 6.18 Å². The van der Waals surface area contributed by atoms with Crippen molar-refractivity contribution in [1.29, 1.82) is 0 Å². The zero-order chi connectivity index (χ0) is 15.1. The molecule has 1 aliphatic carbocycles. The van der Waals surface area contributed by atoms with Crippen LogP contribution in [0.25, 0.3) is 0 Å². The molecule has 2 aliphatic heterocycles. The smallest absolute Gasteiger partial charge is 0.378 e. The fraction of sp³-hybridized carbons (Fsp3) is 1.00. The van der Waals surface area contributed by atoms with E-state index in [0.29, 0.717) is 32.7 Å². The Kier molecular flexibility index (Phi) is 3.99. The van der Waals surface area contributed by atoms with Crippen LogP contribution in [-0.2, 0) is 9.47 Å². The third-order valence-electron chi connectivity index (χ3n) is 5.75. The van der Waals surface area contributed by atoms with Crippen LogP contribution in [0, 0.1) is 11.8 Å². The first-order valence-electron chi connectivity index (χ1n) is 7.90. The van der Waals surface area contributed by atoms with E-state index in [2.05, 4.69) is 0 Å². The van der Waals surface area contributed by atoms with Crippen molar-refractivity contribution in [1.82, 2.24) is 0 Å². The van der Waals surface area contributed by atoms with Gasteiger partial charge in [-0.2, -0.15) is 13.2 Å². The van der Waals surface area contributed by atoms with Crippen molar-refractivity contribution in [3.63, 3.8) is 0 Å². The first-order valence-corrected chi connectivity index (χ1v) is 7.90. The first-order chi connectivity index (χ1) is 9.83. The molecule has 2 heterocycles. The van der Waals surface area contributed by atoms with Crippen LogP contribution < -0.4 is 5.73 Å². The van der Waals surface area contributed by atoms with Crippen LogP contribution in [0.4, 0.5) is 13.2 Å². The monoisotopic (exact) mass is 307 g/mol. The van der Waals surface area contributed by atoms with Crippen LogP contribution in [0.2, 0.25) is 0 Å². The number of hydrogen-bond donors (Lipinski definition) is 1. The maximum Gasteiger partial charge on any atom is 0.391 e. The molecule has 2 N–H and O–H groups in total. The van der Waals surface area contributed by atoms with Crippen LogP contribution in [0.3, 0.4) is 0 Å². The Hall–Kier alpha value is -0.330. The Labute approximate surface area is 123 Å². The molecular weight excluding hydrogens is 283 g/mol. The molecule has 0 aromatic carbocycles. The molecule has 0 amide bonds. The SMILES string of the molecule is NC1(C2CCOC3(CCOC3)C2)CCC(C(F)(F)F)CC1. The van der Waals surface area contributed by atoms with Crippen molar-refractivity contribution < 1.29 is 22.6 Å². The second-order valence-corrected chi connectivity index (χ2v) is 7.07. The van der Waals surface area contributed by atoms with E-state index in [9.17, 15) is 13.2 Å². The van der Waals surface area contributed by atoms with Crippen LogP contribution in [-0.4, -0.2) is 37.1 Å². The second kappa shape index (κ2) is 5.39. The number of nitrogens with two attached hydrogens (primary N) is 1. The van der Waals surface area contributed by atoms with Gasteiger partial charge in [0.2, 0.25) is 0 Å². The molecule has 0 aromatic heterocycles. The summed E-state index contributed by atoms with van der Waals surface area (Å²) in [5.74, 6) is -0.917. The number of ether oxygens (including phenoxy) is 2. The van der Waals surface area contributed by atoms with Gasteiger partial charge in [-0.3, -0.25) is 0 Å². The number of halogens is 3. The highest BCUT2D eigenvalue weighted by Gasteiger charge is 2.50. The van der Waals surface area contributed by atoms with Gasteiger partial charge < -0.3 is 15.2 Å². The Morgan fingerprint density at radius 2 is 1.71 bits per heavy atom. The molecule has 122 valence electrons. The summed E-state index contributed by atoms with van der Waals surface area (Å²) >= 11 is 0. The van der Waals surface area contributed by atoms with Gasteiger partial charge in [-0.05, 0) is 44.4 Å².